The van der Waals surface area contributed by atoms with Crippen LogP contribution < -0.4 is 15.4 Å². The molecule has 1 rings (SSSR count). The topological polar surface area (TPSA) is 93.7 Å². The van der Waals surface area contributed by atoms with E-state index < -0.39 is 5.97 Å². The Morgan fingerprint density at radius 2 is 1.50 bits per heavy atom. The van der Waals surface area contributed by atoms with E-state index in [1.54, 1.807) is 24.3 Å². The fourth-order valence-corrected chi connectivity index (χ4v) is 2.17. The van der Waals surface area contributed by atoms with Crippen molar-refractivity contribution in [1.82, 2.24) is 10.6 Å². The Morgan fingerprint density at radius 3 is 2.11 bits per heavy atom. The van der Waals surface area contributed by atoms with Gasteiger partial charge in [0.2, 0.25) is 11.8 Å². The van der Waals surface area contributed by atoms with E-state index in [9.17, 15) is 14.4 Å². The van der Waals surface area contributed by atoms with Gasteiger partial charge < -0.3 is 20.1 Å². The van der Waals surface area contributed by atoms with E-state index in [0.717, 1.165) is 12.8 Å². The molecule has 2 N–H and O–H groups in total. The highest BCUT2D eigenvalue weighted by Crippen LogP contribution is 2.15. The van der Waals surface area contributed by atoms with Gasteiger partial charge in [-0.3, -0.25) is 9.59 Å². The molecular formula is C21H28N2O5. The predicted octanol–water partition coefficient (Wildman–Crippen LogP) is 2.39. The van der Waals surface area contributed by atoms with Crippen LogP contribution in [0, 0.1) is 0 Å². The SMILES string of the molecule is C=CC(=O)NCCCCOC(=O)c1cccc(OCCCCNC(=O)C=C)c1. The Hall–Kier alpha value is -3.09. The highest BCUT2D eigenvalue weighted by atomic mass is 16.5. The summed E-state index contributed by atoms with van der Waals surface area (Å²) in [5.41, 5.74) is 0.427. The molecule has 7 nitrogen and oxygen atoms in total. The van der Waals surface area contributed by atoms with E-state index in [1.165, 1.54) is 12.2 Å². The number of amides is 2. The van der Waals surface area contributed by atoms with Crippen molar-refractivity contribution in [2.45, 2.75) is 25.7 Å². The highest BCUT2D eigenvalue weighted by molar-refractivity contribution is 5.89. The maximum atomic E-state index is 12.1. The summed E-state index contributed by atoms with van der Waals surface area (Å²) in [6.45, 7) is 8.61. The quantitative estimate of drug-likeness (QED) is 0.290. The van der Waals surface area contributed by atoms with Crippen molar-refractivity contribution < 1.29 is 23.9 Å². The van der Waals surface area contributed by atoms with Gasteiger partial charge in [-0.25, -0.2) is 4.79 Å². The molecule has 0 aromatic heterocycles. The summed E-state index contributed by atoms with van der Waals surface area (Å²) >= 11 is 0. The number of hydrogen-bond donors (Lipinski definition) is 2. The molecule has 1 aromatic carbocycles. The lowest BCUT2D eigenvalue weighted by Gasteiger charge is -2.09. The van der Waals surface area contributed by atoms with Gasteiger partial charge in [0.05, 0.1) is 18.8 Å². The summed E-state index contributed by atoms with van der Waals surface area (Å²) in [7, 11) is 0. The minimum absolute atomic E-state index is 0.186. The van der Waals surface area contributed by atoms with E-state index in [4.69, 9.17) is 9.47 Å². The molecule has 0 radical (unpaired) electrons. The average molecular weight is 388 g/mol. The molecular weight excluding hydrogens is 360 g/mol. The van der Waals surface area contributed by atoms with Gasteiger partial charge in [0.1, 0.15) is 5.75 Å². The number of ether oxygens (including phenoxy) is 2. The minimum atomic E-state index is -0.410. The summed E-state index contributed by atoms with van der Waals surface area (Å²) in [4.78, 5) is 34.1. The first-order valence-electron chi connectivity index (χ1n) is 9.27. The van der Waals surface area contributed by atoms with Crippen molar-refractivity contribution in [3.05, 3.63) is 55.1 Å². The van der Waals surface area contributed by atoms with Gasteiger partial charge in [0.15, 0.2) is 0 Å². The Labute approximate surface area is 165 Å². The van der Waals surface area contributed by atoms with Gasteiger partial charge in [-0.15, -0.1) is 0 Å². The zero-order valence-electron chi connectivity index (χ0n) is 16.1. The third kappa shape index (κ3) is 10.2. The molecule has 0 aliphatic rings. The number of unbranched alkanes of at least 4 members (excludes halogenated alkanes) is 2. The number of nitrogens with one attached hydrogen (secondary N) is 2. The van der Waals surface area contributed by atoms with Crippen LogP contribution in [0.25, 0.3) is 0 Å². The molecule has 0 spiro atoms. The molecule has 28 heavy (non-hydrogen) atoms. The second-order valence-corrected chi connectivity index (χ2v) is 5.92. The lowest BCUT2D eigenvalue weighted by molar-refractivity contribution is -0.117. The van der Waals surface area contributed by atoms with Crippen molar-refractivity contribution in [2.75, 3.05) is 26.3 Å². The van der Waals surface area contributed by atoms with Gasteiger partial charge in [0, 0.05) is 13.1 Å². The second kappa shape index (κ2) is 14.0. The fourth-order valence-electron chi connectivity index (χ4n) is 2.17. The van der Waals surface area contributed by atoms with Crippen LogP contribution in [0.2, 0.25) is 0 Å². The van der Waals surface area contributed by atoms with Crippen LogP contribution in [-0.2, 0) is 14.3 Å². The predicted molar refractivity (Wildman–Crippen MR) is 107 cm³/mol. The Balaban J connectivity index is 2.23. The van der Waals surface area contributed by atoms with Crippen LogP contribution in [0.5, 0.6) is 5.75 Å². The average Bonchev–Trinajstić information content (AvgIpc) is 2.72. The van der Waals surface area contributed by atoms with Gasteiger partial charge in [-0.1, -0.05) is 19.2 Å². The van der Waals surface area contributed by atoms with Gasteiger partial charge in [-0.2, -0.15) is 0 Å². The zero-order valence-corrected chi connectivity index (χ0v) is 16.1. The van der Waals surface area contributed by atoms with Crippen LogP contribution in [0.1, 0.15) is 36.0 Å². The van der Waals surface area contributed by atoms with Crippen LogP contribution in [0.4, 0.5) is 0 Å². The van der Waals surface area contributed by atoms with E-state index in [2.05, 4.69) is 23.8 Å². The number of carbonyl (C=O) groups is 3. The van der Waals surface area contributed by atoms with E-state index in [-0.39, 0.29) is 18.4 Å². The van der Waals surface area contributed by atoms with Crippen LogP contribution in [0.15, 0.2) is 49.6 Å². The number of esters is 1. The van der Waals surface area contributed by atoms with E-state index in [1.807, 2.05) is 0 Å². The first-order valence-corrected chi connectivity index (χ1v) is 9.27. The highest BCUT2D eigenvalue weighted by Gasteiger charge is 2.08. The summed E-state index contributed by atoms with van der Waals surface area (Å²) in [6.07, 6.45) is 5.38. The number of benzene rings is 1. The first kappa shape index (κ1) is 23.0. The fraction of sp³-hybridized carbons (Fsp3) is 0.381. The molecule has 0 aliphatic heterocycles. The van der Waals surface area contributed by atoms with Crippen molar-refractivity contribution in [1.29, 1.82) is 0 Å². The molecule has 0 saturated carbocycles. The molecule has 7 heteroatoms. The van der Waals surface area contributed by atoms with Crippen LogP contribution >= 0.6 is 0 Å². The summed E-state index contributed by atoms with van der Waals surface area (Å²) in [6, 6.07) is 6.83. The van der Waals surface area contributed by atoms with E-state index in [0.29, 0.717) is 43.9 Å². The molecule has 0 atom stereocenters. The molecule has 0 fully saturated rings. The lowest BCUT2D eigenvalue weighted by atomic mass is 10.2. The zero-order chi connectivity index (χ0) is 20.6. The summed E-state index contributed by atoms with van der Waals surface area (Å²) < 4.78 is 10.9. The molecule has 0 saturated heterocycles. The van der Waals surface area contributed by atoms with E-state index >= 15 is 0 Å². The van der Waals surface area contributed by atoms with Crippen molar-refractivity contribution in [2.24, 2.45) is 0 Å². The molecule has 1 aromatic rings. The maximum Gasteiger partial charge on any atom is 0.338 e. The van der Waals surface area contributed by atoms with Gasteiger partial charge in [0.25, 0.3) is 0 Å². The minimum Gasteiger partial charge on any atom is -0.494 e. The molecule has 2 amide bonds. The smallest absolute Gasteiger partial charge is 0.338 e. The normalized spacial score (nSPS) is 9.86. The largest absolute Gasteiger partial charge is 0.494 e. The van der Waals surface area contributed by atoms with Crippen molar-refractivity contribution in [3.8, 4) is 5.75 Å². The maximum absolute atomic E-state index is 12.1. The van der Waals surface area contributed by atoms with Gasteiger partial charge in [-0.05, 0) is 56.0 Å². The van der Waals surface area contributed by atoms with Crippen molar-refractivity contribution in [3.63, 3.8) is 0 Å². The summed E-state index contributed by atoms with van der Waals surface area (Å²) in [5.74, 6) is -0.214. The summed E-state index contributed by atoms with van der Waals surface area (Å²) in [5, 5.41) is 5.36. The standard InChI is InChI=1S/C21H28N2O5/c1-3-19(24)22-12-5-7-14-27-18-11-9-10-17(16-18)21(26)28-15-8-6-13-23-20(25)4-2/h3-4,9-11,16H,1-2,5-8,12-15H2,(H,22,24)(H,23,25). The van der Waals surface area contributed by atoms with Gasteiger partial charge >= 0.3 is 5.97 Å². The molecule has 0 unspecified atom stereocenters. The number of hydrogen-bond acceptors (Lipinski definition) is 5. The molecule has 0 aliphatic carbocycles. The third-order valence-corrected chi connectivity index (χ3v) is 3.68. The van der Waals surface area contributed by atoms with Crippen LogP contribution in [0.3, 0.4) is 0 Å². The molecule has 0 heterocycles. The number of rotatable bonds is 14. The van der Waals surface area contributed by atoms with Crippen LogP contribution in [-0.4, -0.2) is 44.1 Å². The Kier molecular flexibility index (Phi) is 11.5. The van der Waals surface area contributed by atoms with Crippen molar-refractivity contribution >= 4 is 17.8 Å². The lowest BCUT2D eigenvalue weighted by Crippen LogP contribution is -2.22. The monoisotopic (exact) mass is 388 g/mol. The molecule has 0 bridgehead atoms. The number of carbonyl (C=O) groups excluding carboxylic acids is 3. The first-order chi connectivity index (χ1) is 13.6. The Bertz CT molecular complexity index is 673. The third-order valence-electron chi connectivity index (χ3n) is 3.68. The second-order valence-electron chi connectivity index (χ2n) is 5.92. The Morgan fingerprint density at radius 1 is 0.893 bits per heavy atom. The molecule has 152 valence electrons.